The van der Waals surface area contributed by atoms with Crippen LogP contribution in [0.25, 0.3) is 150 Å². The molecular weight excluding hydrogens is 1460 g/mol. The molecule has 4 aromatic heterocycles. The fraction of sp³-hybridized carbons (Fsp3) is 0. The first-order valence-corrected chi connectivity index (χ1v) is 40.7. The van der Waals surface area contributed by atoms with Gasteiger partial charge in [-0.3, -0.25) is 0 Å². The topological polar surface area (TPSA) is 63.2 Å². The molecule has 0 aliphatic heterocycles. The summed E-state index contributed by atoms with van der Waals surface area (Å²) in [6, 6.07) is 163. The molecule has 0 atom stereocenters. The van der Waals surface area contributed by atoms with Crippen LogP contribution in [-0.4, -0.2) is 28.7 Å². The van der Waals surface area contributed by atoms with Crippen LogP contribution in [0.3, 0.4) is 0 Å². The molecule has 0 fully saturated rings. The Hall–Kier alpha value is -16.2. The van der Waals surface area contributed by atoms with Gasteiger partial charge in [0.1, 0.15) is 0 Å². The third-order valence-corrected chi connectivity index (χ3v) is 23.2. The molecule has 4 heterocycles. The zero-order valence-corrected chi connectivity index (χ0v) is 65.3. The van der Waals surface area contributed by atoms with E-state index >= 15 is 0 Å². The monoisotopic (exact) mass is 1530 g/mol. The smallest absolute Gasteiger partial charge is 0.164 e. The van der Waals surface area contributed by atoms with Crippen LogP contribution in [0.15, 0.2) is 455 Å². The van der Waals surface area contributed by atoms with Crippen molar-refractivity contribution in [1.82, 2.24) is 28.7 Å². The molecule has 22 aromatic rings. The molecule has 564 valence electrons. The Morgan fingerprint density at radius 3 is 0.625 bits per heavy atom. The van der Waals surface area contributed by atoms with Gasteiger partial charge in [0.2, 0.25) is 0 Å². The third-order valence-electron chi connectivity index (χ3n) is 23.2. The molecule has 9 nitrogen and oxygen atoms in total. The molecular formula is C111H75N9. The fourth-order valence-corrected chi connectivity index (χ4v) is 17.6. The standard InChI is InChI=1S/C111H75N9/c1-7-28-76(29-8-1)79-52-58-88(59-53-79)115(94-64-67-106-100(73-94)97-46-19-22-49-103(97)118(106)85-37-13-4-14-38-85)91-43-25-34-82(70-91)109-112-110(83-35-26-44-92(71-83)116(89-60-54-80(55-61-89)77-30-9-2-10-31-77)95-65-68-107-101(74-95)98-47-20-23-50-104(98)119(107)86-39-15-5-16-40-86)114-111(113-109)84-36-27-45-93(72-84)117(90-62-56-81(57-63-90)78-32-11-3-12-33-78)96-66-69-108-102(75-96)99-48-21-24-51-105(99)120(108)87-41-17-6-18-42-87/h1-75H. The Bertz CT molecular complexity index is 6830. The van der Waals surface area contributed by atoms with Gasteiger partial charge in [0.05, 0.1) is 33.1 Å². The lowest BCUT2D eigenvalue weighted by atomic mass is 10.0. The Morgan fingerprint density at radius 2 is 0.350 bits per heavy atom. The summed E-state index contributed by atoms with van der Waals surface area (Å²) in [6.07, 6.45) is 0. The maximum absolute atomic E-state index is 5.68. The average Bonchev–Trinajstić information content (AvgIpc) is 1.59. The van der Waals surface area contributed by atoms with Crippen molar-refractivity contribution in [2.24, 2.45) is 0 Å². The van der Waals surface area contributed by atoms with Crippen LogP contribution in [0, 0.1) is 0 Å². The van der Waals surface area contributed by atoms with Gasteiger partial charge >= 0.3 is 0 Å². The van der Waals surface area contributed by atoms with Crippen molar-refractivity contribution in [2.75, 3.05) is 14.7 Å². The van der Waals surface area contributed by atoms with E-state index in [0.717, 1.165) is 168 Å². The van der Waals surface area contributed by atoms with Gasteiger partial charge in [-0.1, -0.05) is 273 Å². The van der Waals surface area contributed by atoms with Crippen LogP contribution in [0.5, 0.6) is 0 Å². The summed E-state index contributed by atoms with van der Waals surface area (Å²) < 4.78 is 7.11. The van der Waals surface area contributed by atoms with Gasteiger partial charge in [0, 0.05) is 117 Å². The predicted molar refractivity (Wildman–Crippen MR) is 500 cm³/mol. The van der Waals surface area contributed by atoms with Crippen molar-refractivity contribution in [3.63, 3.8) is 0 Å². The summed E-state index contributed by atoms with van der Waals surface area (Å²) in [6.45, 7) is 0. The van der Waals surface area contributed by atoms with E-state index < -0.39 is 0 Å². The molecule has 0 saturated heterocycles. The van der Waals surface area contributed by atoms with Crippen molar-refractivity contribution in [1.29, 1.82) is 0 Å². The Balaban J connectivity index is 0.731. The number of hydrogen-bond donors (Lipinski definition) is 0. The van der Waals surface area contributed by atoms with Crippen LogP contribution < -0.4 is 14.7 Å². The molecule has 0 spiro atoms. The summed E-state index contributed by atoms with van der Waals surface area (Å²) in [5.74, 6) is 1.53. The van der Waals surface area contributed by atoms with E-state index in [1.807, 2.05) is 0 Å². The van der Waals surface area contributed by atoms with Crippen molar-refractivity contribution in [3.05, 3.63) is 455 Å². The third kappa shape index (κ3) is 12.8. The van der Waals surface area contributed by atoms with E-state index in [-0.39, 0.29) is 0 Å². The number of nitrogens with zero attached hydrogens (tertiary/aromatic N) is 9. The summed E-state index contributed by atoms with van der Waals surface area (Å²) in [5, 5.41) is 6.92. The largest absolute Gasteiger partial charge is 0.310 e. The highest BCUT2D eigenvalue weighted by Gasteiger charge is 2.25. The molecule has 0 bridgehead atoms. The molecule has 0 aliphatic carbocycles. The van der Waals surface area contributed by atoms with E-state index in [4.69, 9.17) is 15.0 Å². The normalized spacial score (nSPS) is 11.5. The van der Waals surface area contributed by atoms with Crippen molar-refractivity contribution >= 4 is 117 Å². The zero-order chi connectivity index (χ0) is 79.4. The molecule has 0 N–H and O–H groups in total. The first-order chi connectivity index (χ1) is 59.5. The number of benzene rings is 18. The van der Waals surface area contributed by atoms with Crippen molar-refractivity contribution < 1.29 is 0 Å². The molecule has 9 heteroatoms. The number of rotatable bonds is 18. The minimum atomic E-state index is 0.510. The molecule has 0 unspecified atom stereocenters. The maximum atomic E-state index is 5.68. The van der Waals surface area contributed by atoms with Gasteiger partial charge in [0.25, 0.3) is 0 Å². The summed E-state index contributed by atoms with van der Waals surface area (Å²) >= 11 is 0. The molecule has 0 amide bonds. The molecule has 0 saturated carbocycles. The number of hydrogen-bond acceptors (Lipinski definition) is 6. The highest BCUT2D eigenvalue weighted by molar-refractivity contribution is 6.13. The van der Waals surface area contributed by atoms with Gasteiger partial charge in [0.15, 0.2) is 17.5 Å². The second-order valence-corrected chi connectivity index (χ2v) is 30.4. The van der Waals surface area contributed by atoms with Crippen molar-refractivity contribution in [2.45, 2.75) is 0 Å². The molecule has 120 heavy (non-hydrogen) atoms. The molecule has 0 radical (unpaired) electrons. The molecule has 18 aromatic carbocycles. The molecule has 22 rings (SSSR count). The molecule has 0 aliphatic rings. The number of fused-ring (bicyclic) bond motifs is 9. The second-order valence-electron chi connectivity index (χ2n) is 30.4. The van der Waals surface area contributed by atoms with Gasteiger partial charge in [-0.05, 0) is 215 Å². The number of para-hydroxylation sites is 6. The number of aromatic nitrogens is 6. The van der Waals surface area contributed by atoms with Crippen LogP contribution in [0.1, 0.15) is 0 Å². The first kappa shape index (κ1) is 70.4. The highest BCUT2D eigenvalue weighted by Crippen LogP contribution is 2.47. The highest BCUT2D eigenvalue weighted by atomic mass is 15.2. The summed E-state index contributed by atoms with van der Waals surface area (Å²) in [5.41, 5.74) is 28.1. The van der Waals surface area contributed by atoms with E-state index in [1.165, 1.54) is 16.2 Å². The van der Waals surface area contributed by atoms with E-state index in [1.54, 1.807) is 0 Å². The lowest BCUT2D eigenvalue weighted by Gasteiger charge is -2.27. The van der Waals surface area contributed by atoms with Crippen molar-refractivity contribution in [3.8, 4) is 84.6 Å². The minimum Gasteiger partial charge on any atom is -0.310 e. The van der Waals surface area contributed by atoms with E-state index in [9.17, 15) is 0 Å². The first-order valence-electron chi connectivity index (χ1n) is 40.7. The zero-order valence-electron chi connectivity index (χ0n) is 65.3. The van der Waals surface area contributed by atoms with Crippen LogP contribution in [0.4, 0.5) is 51.2 Å². The van der Waals surface area contributed by atoms with Gasteiger partial charge in [-0.25, -0.2) is 15.0 Å². The van der Waals surface area contributed by atoms with E-state index in [2.05, 4.69) is 483 Å². The maximum Gasteiger partial charge on any atom is 0.164 e. The Kier molecular flexibility index (Phi) is 17.7. The lowest BCUT2D eigenvalue weighted by molar-refractivity contribution is 1.07. The summed E-state index contributed by atoms with van der Waals surface area (Å²) in [4.78, 5) is 24.1. The van der Waals surface area contributed by atoms with Gasteiger partial charge in [-0.2, -0.15) is 0 Å². The predicted octanol–water partition coefficient (Wildman–Crippen LogP) is 29.6. The lowest BCUT2D eigenvalue weighted by Crippen LogP contribution is -2.11. The van der Waals surface area contributed by atoms with Crippen LogP contribution in [-0.2, 0) is 0 Å². The SMILES string of the molecule is c1ccc(-c2ccc(N(c3cccc(-c4nc(-c5cccc(N(c6ccc(-c7ccccc7)cc6)c6ccc7c(c6)c6ccccc6n7-c6ccccc6)c5)nc(-c5cccc(N(c6ccc(-c7ccccc7)cc6)c6ccc7c(c6)c6ccccc6n7-c6ccccc6)c5)n4)c3)c3ccc4c(c3)c3ccccc3n4-c3ccccc3)cc2)cc1. The van der Waals surface area contributed by atoms with E-state index in [0.29, 0.717) is 17.5 Å². The Labute approximate surface area is 695 Å². The van der Waals surface area contributed by atoms with Crippen LogP contribution >= 0.6 is 0 Å². The fourth-order valence-electron chi connectivity index (χ4n) is 17.6. The second kappa shape index (κ2) is 30.2. The van der Waals surface area contributed by atoms with Crippen LogP contribution in [0.2, 0.25) is 0 Å². The van der Waals surface area contributed by atoms with Gasteiger partial charge in [-0.15, -0.1) is 0 Å². The summed E-state index contributed by atoms with van der Waals surface area (Å²) in [7, 11) is 0. The average molecular weight is 1530 g/mol. The van der Waals surface area contributed by atoms with Gasteiger partial charge < -0.3 is 28.4 Å². The quantitative estimate of drug-likeness (QED) is 0.0853. The minimum absolute atomic E-state index is 0.510. The number of anilines is 9. The Morgan fingerprint density at radius 1 is 0.142 bits per heavy atom.